The molecule has 1 aromatic carbocycles. The highest BCUT2D eigenvalue weighted by molar-refractivity contribution is 9.10. The Bertz CT molecular complexity index is 570. The number of halogens is 1. The third-order valence-corrected chi connectivity index (χ3v) is 4.75. The zero-order valence-corrected chi connectivity index (χ0v) is 14.2. The van der Waals surface area contributed by atoms with E-state index in [1.807, 2.05) is 0 Å². The molecule has 102 valence electrons. The van der Waals surface area contributed by atoms with Gasteiger partial charge in [0.25, 0.3) is 0 Å². The Balaban J connectivity index is 2.04. The Morgan fingerprint density at radius 3 is 2.63 bits per heavy atom. The van der Waals surface area contributed by atoms with E-state index in [-0.39, 0.29) is 5.41 Å². The topological polar surface area (TPSA) is 24.9 Å². The second-order valence-electron chi connectivity index (χ2n) is 5.73. The fourth-order valence-corrected chi connectivity index (χ4v) is 3.22. The summed E-state index contributed by atoms with van der Waals surface area (Å²) in [6, 6.07) is 6.31. The lowest BCUT2D eigenvalue weighted by Gasteiger charge is -2.13. The van der Waals surface area contributed by atoms with E-state index in [9.17, 15) is 0 Å². The summed E-state index contributed by atoms with van der Waals surface area (Å²) < 4.78 is 1.10. The van der Waals surface area contributed by atoms with Crippen LogP contribution in [0.5, 0.6) is 0 Å². The first-order chi connectivity index (χ1) is 8.86. The number of nitrogens with one attached hydrogen (secondary N) is 1. The maximum absolute atomic E-state index is 4.68. The van der Waals surface area contributed by atoms with Gasteiger partial charge in [0.1, 0.15) is 0 Å². The van der Waals surface area contributed by atoms with Crippen LogP contribution in [0.1, 0.15) is 37.0 Å². The van der Waals surface area contributed by atoms with Crippen molar-refractivity contribution < 1.29 is 0 Å². The van der Waals surface area contributed by atoms with Gasteiger partial charge >= 0.3 is 0 Å². The number of benzene rings is 1. The minimum atomic E-state index is 0.132. The van der Waals surface area contributed by atoms with Crippen molar-refractivity contribution >= 4 is 33.0 Å². The van der Waals surface area contributed by atoms with Crippen molar-refractivity contribution in [3.05, 3.63) is 44.3 Å². The fourth-order valence-electron chi connectivity index (χ4n) is 1.68. The van der Waals surface area contributed by atoms with Gasteiger partial charge in [-0.15, -0.1) is 11.3 Å². The van der Waals surface area contributed by atoms with Crippen LogP contribution in [-0.4, -0.2) is 4.98 Å². The summed E-state index contributed by atoms with van der Waals surface area (Å²) in [5.74, 6) is 0. The lowest BCUT2D eigenvalue weighted by atomic mass is 9.98. The maximum atomic E-state index is 4.68. The highest BCUT2D eigenvalue weighted by Crippen LogP contribution is 2.27. The van der Waals surface area contributed by atoms with Crippen molar-refractivity contribution in [1.29, 1.82) is 0 Å². The van der Waals surface area contributed by atoms with Gasteiger partial charge in [-0.3, -0.25) is 0 Å². The Morgan fingerprint density at radius 1 is 1.32 bits per heavy atom. The van der Waals surface area contributed by atoms with E-state index < -0.39 is 0 Å². The monoisotopic (exact) mass is 338 g/mol. The summed E-state index contributed by atoms with van der Waals surface area (Å²) >= 11 is 5.31. The van der Waals surface area contributed by atoms with Crippen molar-refractivity contribution in [2.24, 2.45) is 0 Å². The average molecular weight is 339 g/mol. The molecule has 0 spiro atoms. The summed E-state index contributed by atoms with van der Waals surface area (Å²) in [4.78, 5) is 4.68. The molecular weight excluding hydrogens is 320 g/mol. The van der Waals surface area contributed by atoms with Crippen molar-refractivity contribution in [3.8, 4) is 0 Å². The molecule has 0 saturated carbocycles. The molecule has 0 atom stereocenters. The molecule has 0 bridgehead atoms. The molecule has 19 heavy (non-hydrogen) atoms. The van der Waals surface area contributed by atoms with Crippen LogP contribution in [0, 0.1) is 6.92 Å². The molecule has 2 nitrogen and oxygen atoms in total. The summed E-state index contributed by atoms with van der Waals surface area (Å²) in [7, 11) is 0. The third-order valence-electron chi connectivity index (χ3n) is 2.78. The largest absolute Gasteiger partial charge is 0.378 e. The molecule has 1 N–H and O–H groups in total. The first kappa shape index (κ1) is 14.5. The normalized spacial score (nSPS) is 11.6. The van der Waals surface area contributed by atoms with E-state index in [1.165, 1.54) is 10.6 Å². The van der Waals surface area contributed by atoms with Crippen molar-refractivity contribution in [1.82, 2.24) is 4.98 Å². The second kappa shape index (κ2) is 5.63. The summed E-state index contributed by atoms with van der Waals surface area (Å²) in [6.45, 7) is 9.43. The van der Waals surface area contributed by atoms with Crippen LogP contribution < -0.4 is 5.32 Å². The van der Waals surface area contributed by atoms with Crippen LogP contribution in [0.25, 0.3) is 0 Å². The predicted molar refractivity (Wildman–Crippen MR) is 87.0 cm³/mol. The van der Waals surface area contributed by atoms with Gasteiger partial charge in [0.05, 0.1) is 17.2 Å². The Labute approximate surface area is 127 Å². The first-order valence-electron chi connectivity index (χ1n) is 6.31. The molecule has 0 aliphatic carbocycles. The van der Waals surface area contributed by atoms with Crippen LogP contribution in [0.4, 0.5) is 5.69 Å². The van der Waals surface area contributed by atoms with E-state index in [1.54, 1.807) is 11.3 Å². The minimum Gasteiger partial charge on any atom is -0.378 e. The van der Waals surface area contributed by atoms with Crippen LogP contribution in [0.2, 0.25) is 0 Å². The maximum Gasteiger partial charge on any atom is 0.0982 e. The molecule has 0 aliphatic rings. The van der Waals surface area contributed by atoms with E-state index in [2.05, 4.69) is 77.5 Å². The van der Waals surface area contributed by atoms with Crippen LogP contribution in [-0.2, 0) is 12.0 Å². The van der Waals surface area contributed by atoms with Crippen molar-refractivity contribution in [2.45, 2.75) is 39.7 Å². The lowest BCUT2D eigenvalue weighted by Crippen LogP contribution is -2.11. The zero-order valence-electron chi connectivity index (χ0n) is 11.7. The van der Waals surface area contributed by atoms with E-state index in [0.717, 1.165) is 22.4 Å². The Kier molecular flexibility index (Phi) is 4.31. The van der Waals surface area contributed by atoms with Crippen molar-refractivity contribution in [2.75, 3.05) is 5.32 Å². The van der Waals surface area contributed by atoms with Gasteiger partial charge in [-0.2, -0.15) is 0 Å². The fraction of sp³-hybridized carbons (Fsp3) is 0.400. The highest BCUT2D eigenvalue weighted by atomic mass is 79.9. The number of rotatable bonds is 3. The van der Waals surface area contributed by atoms with Gasteiger partial charge in [0.2, 0.25) is 0 Å². The number of hydrogen-bond donors (Lipinski definition) is 1. The molecule has 0 aliphatic heterocycles. The van der Waals surface area contributed by atoms with Crippen molar-refractivity contribution in [3.63, 3.8) is 0 Å². The predicted octanol–water partition coefficient (Wildman–Crippen LogP) is 5.12. The molecule has 0 saturated heterocycles. The summed E-state index contributed by atoms with van der Waals surface area (Å²) in [5, 5.41) is 6.74. The zero-order chi connectivity index (χ0) is 14.0. The third kappa shape index (κ3) is 3.80. The highest BCUT2D eigenvalue weighted by Gasteiger charge is 2.17. The van der Waals surface area contributed by atoms with Gasteiger partial charge in [-0.25, -0.2) is 4.98 Å². The van der Waals surface area contributed by atoms with E-state index in [0.29, 0.717) is 0 Å². The van der Waals surface area contributed by atoms with Crippen LogP contribution in [0.3, 0.4) is 0 Å². The van der Waals surface area contributed by atoms with Gasteiger partial charge < -0.3 is 5.32 Å². The number of aryl methyl sites for hydroxylation is 1. The van der Waals surface area contributed by atoms with Gasteiger partial charge in [0.15, 0.2) is 0 Å². The second-order valence-corrected chi connectivity index (χ2v) is 7.44. The molecule has 0 amide bonds. The molecule has 2 rings (SSSR count). The number of anilines is 1. The Morgan fingerprint density at radius 2 is 2.05 bits per heavy atom. The SMILES string of the molecule is Cc1ccc(NCc2csc(C(C)(C)C)n2)c(Br)c1. The summed E-state index contributed by atoms with van der Waals surface area (Å²) in [5.41, 5.74) is 3.59. The Hall–Kier alpha value is -0.870. The first-order valence-corrected chi connectivity index (χ1v) is 7.98. The van der Waals surface area contributed by atoms with E-state index in [4.69, 9.17) is 0 Å². The minimum absolute atomic E-state index is 0.132. The molecular formula is C15H19BrN2S. The lowest BCUT2D eigenvalue weighted by molar-refractivity contribution is 0.583. The molecule has 0 unspecified atom stereocenters. The molecule has 2 aromatic rings. The molecule has 4 heteroatoms. The molecule has 1 heterocycles. The quantitative estimate of drug-likeness (QED) is 0.839. The molecule has 0 radical (unpaired) electrons. The summed E-state index contributed by atoms with van der Waals surface area (Å²) in [6.07, 6.45) is 0. The number of hydrogen-bond acceptors (Lipinski definition) is 3. The smallest absolute Gasteiger partial charge is 0.0982 e. The average Bonchev–Trinajstić information content (AvgIpc) is 2.76. The van der Waals surface area contributed by atoms with Crippen LogP contribution >= 0.6 is 27.3 Å². The molecule has 0 fully saturated rings. The van der Waals surface area contributed by atoms with Crippen LogP contribution in [0.15, 0.2) is 28.1 Å². The van der Waals surface area contributed by atoms with E-state index >= 15 is 0 Å². The van der Waals surface area contributed by atoms with Gasteiger partial charge in [-0.1, -0.05) is 26.8 Å². The number of nitrogens with zero attached hydrogens (tertiary/aromatic N) is 1. The van der Waals surface area contributed by atoms with Gasteiger partial charge in [-0.05, 0) is 40.5 Å². The number of aromatic nitrogens is 1. The van der Waals surface area contributed by atoms with Gasteiger partial charge in [0, 0.05) is 21.0 Å². The molecule has 1 aromatic heterocycles. The number of thiazole rings is 1. The standard InChI is InChI=1S/C15H19BrN2S/c1-10-5-6-13(12(16)7-10)17-8-11-9-19-14(18-11)15(2,3)4/h5-7,9,17H,8H2,1-4H3.